The smallest absolute Gasteiger partial charge is 0.219 e. The van der Waals surface area contributed by atoms with E-state index in [9.17, 15) is 17.6 Å². The number of fused-ring (bicyclic) bond motifs is 1. The van der Waals surface area contributed by atoms with E-state index < -0.39 is 21.4 Å². The van der Waals surface area contributed by atoms with E-state index in [4.69, 9.17) is 33.7 Å². The monoisotopic (exact) mass is 586 g/mol. The number of nitrogen functional groups attached to an aromatic ring is 1. The number of carbonyl (C=O) groups excluding carboxylic acids is 1. The molecule has 2 aromatic heterocycles. The van der Waals surface area contributed by atoms with Gasteiger partial charge in [-0.3, -0.25) is 4.79 Å². The lowest BCUT2D eigenvalue weighted by atomic mass is 10.0. The Morgan fingerprint density at radius 2 is 1.95 bits per heavy atom. The van der Waals surface area contributed by atoms with Crippen molar-refractivity contribution in [1.82, 2.24) is 14.8 Å². The first-order valence-electron chi connectivity index (χ1n) is 11.6. The Balaban J connectivity index is 1.38. The number of aromatic nitrogens is 3. The zero-order valence-corrected chi connectivity index (χ0v) is 23.0. The van der Waals surface area contributed by atoms with Gasteiger partial charge in [0.2, 0.25) is 5.88 Å². The summed E-state index contributed by atoms with van der Waals surface area (Å²) in [6, 6.07) is 9.26. The van der Waals surface area contributed by atoms with Crippen LogP contribution in [-0.4, -0.2) is 35.2 Å². The number of hydrogen-bond acceptors (Lipinski definition) is 7. The van der Waals surface area contributed by atoms with Crippen LogP contribution in [0.1, 0.15) is 32.6 Å². The zero-order chi connectivity index (χ0) is 28.1. The second-order valence-electron chi connectivity index (χ2n) is 9.23. The Kier molecular flexibility index (Phi) is 6.96. The van der Waals surface area contributed by atoms with Crippen LogP contribution < -0.4 is 10.5 Å². The number of allylic oxidation sites excluding steroid dienone is 1. The van der Waals surface area contributed by atoms with Gasteiger partial charge in [0.1, 0.15) is 17.4 Å². The Hall–Kier alpha value is -3.73. The molecule has 0 spiro atoms. The van der Waals surface area contributed by atoms with Crippen LogP contribution in [0, 0.1) is 12.7 Å². The van der Waals surface area contributed by atoms with Gasteiger partial charge in [-0.25, -0.2) is 22.5 Å². The van der Waals surface area contributed by atoms with Gasteiger partial charge in [0.05, 0.1) is 34.4 Å². The minimum Gasteiger partial charge on any atom is -0.437 e. The highest BCUT2D eigenvalue weighted by atomic mass is 35.5. The van der Waals surface area contributed by atoms with E-state index in [1.807, 2.05) is 6.92 Å². The number of pyridine rings is 1. The molecule has 0 aliphatic heterocycles. The second-order valence-corrected chi connectivity index (χ2v) is 12.2. The van der Waals surface area contributed by atoms with E-state index in [2.05, 4.69) is 10.1 Å². The number of ether oxygens (including phenoxy) is 1. The van der Waals surface area contributed by atoms with Gasteiger partial charge >= 0.3 is 0 Å². The molecule has 0 radical (unpaired) electrons. The standard InChI is InChI=1S/C27H21Cl2FN4O4S/c1-14-5-25(38-24-10-19(28)3-4-21(24)29)32-12-23(14)34-27(31)20(11-33-34)26(35)17-6-15-8-18(13-39(2,36)37)22(30)9-16(15)7-17/h3-5,7-12H,6,13,31H2,1-2H3. The number of halogens is 3. The average molecular weight is 587 g/mol. The van der Waals surface area contributed by atoms with Crippen molar-refractivity contribution in [2.45, 2.75) is 19.1 Å². The fraction of sp³-hybridized carbons (Fsp3) is 0.148. The molecule has 0 fully saturated rings. The molecular weight excluding hydrogens is 566 g/mol. The molecule has 4 aromatic rings. The molecule has 12 heteroatoms. The summed E-state index contributed by atoms with van der Waals surface area (Å²) in [6.07, 6.45) is 5.72. The molecule has 2 aromatic carbocycles. The lowest BCUT2D eigenvalue weighted by Gasteiger charge is -2.11. The fourth-order valence-corrected chi connectivity index (χ4v) is 5.43. The van der Waals surface area contributed by atoms with Gasteiger partial charge in [-0.1, -0.05) is 29.3 Å². The number of nitrogens with zero attached hydrogens (tertiary/aromatic N) is 3. The summed E-state index contributed by atoms with van der Waals surface area (Å²) in [6.45, 7) is 1.81. The number of aryl methyl sites for hydroxylation is 1. The van der Waals surface area contributed by atoms with Crippen molar-refractivity contribution < 1.29 is 22.3 Å². The van der Waals surface area contributed by atoms with E-state index >= 15 is 0 Å². The number of carbonyl (C=O) groups is 1. The maximum absolute atomic E-state index is 14.5. The molecular formula is C27H21Cl2FN4O4S. The van der Waals surface area contributed by atoms with Crippen molar-refractivity contribution in [3.63, 3.8) is 0 Å². The number of hydrogen-bond donors (Lipinski definition) is 1. The highest BCUT2D eigenvalue weighted by Crippen LogP contribution is 2.34. The van der Waals surface area contributed by atoms with E-state index in [0.29, 0.717) is 43.7 Å². The quantitative estimate of drug-likeness (QED) is 0.273. The third-order valence-electron chi connectivity index (χ3n) is 6.17. The lowest BCUT2D eigenvalue weighted by molar-refractivity contribution is 0.103. The number of nitrogens with two attached hydrogens (primary N) is 1. The van der Waals surface area contributed by atoms with E-state index in [1.54, 1.807) is 30.3 Å². The molecule has 0 unspecified atom stereocenters. The Bertz CT molecular complexity index is 1800. The Labute approximate surface area is 233 Å². The van der Waals surface area contributed by atoms with E-state index in [1.165, 1.54) is 29.2 Å². The molecule has 2 N–H and O–H groups in total. The molecule has 0 atom stereocenters. The normalized spacial score (nSPS) is 12.8. The highest BCUT2D eigenvalue weighted by molar-refractivity contribution is 7.89. The number of anilines is 1. The Morgan fingerprint density at radius 1 is 1.18 bits per heavy atom. The average Bonchev–Trinajstić information content (AvgIpc) is 3.43. The summed E-state index contributed by atoms with van der Waals surface area (Å²) >= 11 is 12.2. The van der Waals surface area contributed by atoms with E-state index in [0.717, 1.165) is 6.26 Å². The largest absolute Gasteiger partial charge is 0.437 e. The minimum atomic E-state index is -3.42. The van der Waals surface area contributed by atoms with Gasteiger partial charge in [-0.2, -0.15) is 5.10 Å². The molecule has 2 heterocycles. The number of sulfone groups is 1. The molecule has 1 aliphatic rings. The van der Waals surface area contributed by atoms with Crippen molar-refractivity contribution in [3.05, 3.63) is 98.0 Å². The molecule has 39 heavy (non-hydrogen) atoms. The van der Waals surface area contributed by atoms with Gasteiger partial charge < -0.3 is 10.5 Å². The summed E-state index contributed by atoms with van der Waals surface area (Å²) in [5.41, 5.74) is 9.41. The summed E-state index contributed by atoms with van der Waals surface area (Å²) in [4.78, 5) is 17.6. The molecule has 200 valence electrons. The van der Waals surface area contributed by atoms with Crippen LogP contribution >= 0.6 is 23.2 Å². The van der Waals surface area contributed by atoms with Gasteiger partial charge in [0, 0.05) is 41.0 Å². The van der Waals surface area contributed by atoms with Gasteiger partial charge in [-0.15, -0.1) is 0 Å². The molecule has 0 amide bonds. The summed E-state index contributed by atoms with van der Waals surface area (Å²) in [7, 11) is -3.42. The third kappa shape index (κ3) is 5.54. The maximum atomic E-state index is 14.5. The number of ketones is 1. The first-order valence-corrected chi connectivity index (χ1v) is 14.4. The predicted molar refractivity (Wildman–Crippen MR) is 148 cm³/mol. The number of Topliss-reactive ketones (excluding diaryl/α,β-unsaturated/α-hetero) is 1. The molecule has 0 saturated heterocycles. The van der Waals surface area contributed by atoms with Crippen LogP contribution in [0.2, 0.25) is 10.0 Å². The first kappa shape index (κ1) is 26.9. The van der Waals surface area contributed by atoms with Gasteiger partial charge in [-0.05, 0) is 47.9 Å². The fourth-order valence-electron chi connectivity index (χ4n) is 4.32. The molecule has 1 aliphatic carbocycles. The van der Waals surface area contributed by atoms with Crippen molar-refractivity contribution in [2.24, 2.45) is 0 Å². The summed E-state index contributed by atoms with van der Waals surface area (Å²) in [5.74, 6) is -0.676. The molecule has 5 rings (SSSR count). The first-order chi connectivity index (χ1) is 18.4. The summed E-state index contributed by atoms with van der Waals surface area (Å²) in [5, 5.41) is 5.13. The van der Waals surface area contributed by atoms with Crippen LogP contribution in [-0.2, 0) is 22.0 Å². The predicted octanol–water partition coefficient (Wildman–Crippen LogP) is 5.76. The molecule has 0 bridgehead atoms. The number of benzene rings is 2. The van der Waals surface area contributed by atoms with Gasteiger partial charge in [0.15, 0.2) is 15.6 Å². The van der Waals surface area contributed by atoms with Crippen LogP contribution in [0.3, 0.4) is 0 Å². The third-order valence-corrected chi connectivity index (χ3v) is 7.56. The topological polar surface area (TPSA) is 117 Å². The molecule has 0 saturated carbocycles. The maximum Gasteiger partial charge on any atom is 0.219 e. The number of rotatable bonds is 7. The van der Waals surface area contributed by atoms with Crippen molar-refractivity contribution in [1.29, 1.82) is 0 Å². The molecule has 8 nitrogen and oxygen atoms in total. The highest BCUT2D eigenvalue weighted by Gasteiger charge is 2.26. The SMILES string of the molecule is Cc1cc(Oc2cc(Cl)ccc2Cl)ncc1-n1ncc(C(=O)C2=Cc3cc(F)c(CS(C)(=O)=O)cc3C2)c1N. The van der Waals surface area contributed by atoms with Crippen LogP contribution in [0.5, 0.6) is 11.6 Å². The van der Waals surface area contributed by atoms with Crippen LogP contribution in [0.15, 0.2) is 54.4 Å². The van der Waals surface area contributed by atoms with E-state index in [-0.39, 0.29) is 35.0 Å². The Morgan fingerprint density at radius 3 is 2.67 bits per heavy atom. The lowest BCUT2D eigenvalue weighted by Crippen LogP contribution is -2.09. The van der Waals surface area contributed by atoms with Crippen LogP contribution in [0.4, 0.5) is 10.2 Å². The summed E-state index contributed by atoms with van der Waals surface area (Å²) < 4.78 is 44.9. The van der Waals surface area contributed by atoms with Gasteiger partial charge in [0.25, 0.3) is 0 Å². The zero-order valence-electron chi connectivity index (χ0n) is 20.7. The van der Waals surface area contributed by atoms with Crippen molar-refractivity contribution >= 4 is 50.7 Å². The van der Waals surface area contributed by atoms with Crippen molar-refractivity contribution in [3.8, 4) is 17.3 Å². The van der Waals surface area contributed by atoms with Crippen molar-refractivity contribution in [2.75, 3.05) is 12.0 Å². The minimum absolute atomic E-state index is 0.0683. The second kappa shape index (κ2) is 10.1. The van der Waals surface area contributed by atoms with Crippen LogP contribution in [0.25, 0.3) is 11.8 Å².